The number of nitrogens with one attached hydrogen (secondary N) is 1. The number of pyridine rings is 1. The number of rotatable bonds is 6. The highest BCUT2D eigenvalue weighted by atomic mass is 32.1. The molecule has 0 bridgehead atoms. The summed E-state index contributed by atoms with van der Waals surface area (Å²) in [5, 5.41) is 24.9. The van der Waals surface area contributed by atoms with E-state index in [9.17, 15) is 10.2 Å². The summed E-state index contributed by atoms with van der Waals surface area (Å²) >= 11 is 1.55. The van der Waals surface area contributed by atoms with Gasteiger partial charge in [-0.2, -0.15) is 0 Å². The Hall–Kier alpha value is -1.54. The van der Waals surface area contributed by atoms with E-state index in [0.29, 0.717) is 0 Å². The predicted octanol–water partition coefficient (Wildman–Crippen LogP) is 1.77. The van der Waals surface area contributed by atoms with Gasteiger partial charge in [0.1, 0.15) is 5.82 Å². The summed E-state index contributed by atoms with van der Waals surface area (Å²) in [5.74, 6) is 0.773. The molecule has 1 atom stereocenters. The van der Waals surface area contributed by atoms with E-state index in [-0.39, 0.29) is 25.3 Å². The highest BCUT2D eigenvalue weighted by Gasteiger charge is 2.32. The lowest BCUT2D eigenvalue weighted by Gasteiger charge is -2.29. The monoisotopic (exact) mass is 320 g/mol. The highest BCUT2D eigenvalue weighted by Crippen LogP contribution is 2.35. The third-order valence-electron chi connectivity index (χ3n) is 3.95. The molecule has 2 aromatic heterocycles. The first-order valence-corrected chi connectivity index (χ1v) is 8.30. The predicted molar refractivity (Wildman–Crippen MR) is 86.3 cm³/mol. The van der Waals surface area contributed by atoms with E-state index in [0.717, 1.165) is 36.0 Å². The molecule has 0 unspecified atom stereocenters. The Labute approximate surface area is 133 Å². The standard InChI is InChI=1S/C15H20N4O2S/c20-8-11(9-21)19-7-3-4-13(19)12-10-22-15(17-12)18-14-5-1-2-6-16-14/h1-2,5-6,10-11,13,20-21H,3-4,7-9H2,(H,16,17,18)/t13-/m0/s1. The number of nitrogens with zero attached hydrogens (tertiary/aromatic N) is 3. The van der Waals surface area contributed by atoms with Crippen molar-refractivity contribution in [2.24, 2.45) is 0 Å². The van der Waals surface area contributed by atoms with Crippen molar-refractivity contribution in [2.45, 2.75) is 24.9 Å². The molecule has 7 heteroatoms. The number of hydrogen-bond acceptors (Lipinski definition) is 7. The van der Waals surface area contributed by atoms with Crippen LogP contribution in [0.15, 0.2) is 29.8 Å². The number of likely N-dealkylation sites (tertiary alicyclic amines) is 1. The fourth-order valence-corrected chi connectivity index (χ4v) is 3.62. The van der Waals surface area contributed by atoms with Gasteiger partial charge in [0.15, 0.2) is 5.13 Å². The lowest BCUT2D eigenvalue weighted by Crippen LogP contribution is -2.40. The van der Waals surface area contributed by atoms with Crippen molar-refractivity contribution < 1.29 is 10.2 Å². The average Bonchev–Trinajstić information content (AvgIpc) is 3.19. The van der Waals surface area contributed by atoms with Gasteiger partial charge in [0.2, 0.25) is 0 Å². The minimum Gasteiger partial charge on any atom is -0.395 e. The van der Waals surface area contributed by atoms with Gasteiger partial charge in [-0.15, -0.1) is 11.3 Å². The number of anilines is 2. The Morgan fingerprint density at radius 3 is 2.95 bits per heavy atom. The molecule has 1 fully saturated rings. The van der Waals surface area contributed by atoms with E-state index >= 15 is 0 Å². The number of aliphatic hydroxyl groups excluding tert-OH is 2. The molecule has 118 valence electrons. The van der Waals surface area contributed by atoms with Gasteiger partial charge in [-0.3, -0.25) is 4.90 Å². The Balaban J connectivity index is 1.72. The molecule has 0 saturated carbocycles. The maximum absolute atomic E-state index is 9.41. The lowest BCUT2D eigenvalue weighted by molar-refractivity contribution is 0.0644. The van der Waals surface area contributed by atoms with E-state index in [1.807, 2.05) is 23.6 Å². The summed E-state index contributed by atoms with van der Waals surface area (Å²) in [6.45, 7) is 0.823. The normalized spacial score (nSPS) is 19.0. The van der Waals surface area contributed by atoms with Gasteiger partial charge < -0.3 is 15.5 Å². The van der Waals surface area contributed by atoms with Crippen molar-refractivity contribution in [3.05, 3.63) is 35.5 Å². The summed E-state index contributed by atoms with van der Waals surface area (Å²) in [6.07, 6.45) is 3.80. The number of thiazole rings is 1. The Morgan fingerprint density at radius 1 is 1.36 bits per heavy atom. The second kappa shape index (κ2) is 7.15. The van der Waals surface area contributed by atoms with Crippen molar-refractivity contribution in [1.29, 1.82) is 0 Å². The first kappa shape index (κ1) is 15.4. The molecule has 3 heterocycles. The van der Waals surface area contributed by atoms with Gasteiger partial charge in [0, 0.05) is 11.6 Å². The van der Waals surface area contributed by atoms with E-state index < -0.39 is 0 Å². The van der Waals surface area contributed by atoms with Crippen LogP contribution in [0.2, 0.25) is 0 Å². The highest BCUT2D eigenvalue weighted by molar-refractivity contribution is 7.13. The van der Waals surface area contributed by atoms with E-state index in [1.54, 1.807) is 17.5 Å². The summed E-state index contributed by atoms with van der Waals surface area (Å²) in [6, 6.07) is 5.66. The lowest BCUT2D eigenvalue weighted by atomic mass is 10.1. The van der Waals surface area contributed by atoms with Crippen LogP contribution in [-0.2, 0) is 0 Å². The minimum absolute atomic E-state index is 0.0316. The van der Waals surface area contributed by atoms with Crippen molar-refractivity contribution in [3.63, 3.8) is 0 Å². The maximum atomic E-state index is 9.41. The first-order valence-electron chi connectivity index (χ1n) is 7.42. The van der Waals surface area contributed by atoms with Gasteiger partial charge >= 0.3 is 0 Å². The van der Waals surface area contributed by atoms with Crippen LogP contribution in [0.5, 0.6) is 0 Å². The molecule has 0 aromatic carbocycles. The smallest absolute Gasteiger partial charge is 0.188 e. The molecular weight excluding hydrogens is 300 g/mol. The largest absolute Gasteiger partial charge is 0.395 e. The van der Waals surface area contributed by atoms with Crippen LogP contribution in [0.3, 0.4) is 0 Å². The molecule has 3 rings (SSSR count). The van der Waals surface area contributed by atoms with Gasteiger partial charge in [0.25, 0.3) is 0 Å². The number of aliphatic hydroxyl groups is 2. The Kier molecular flexibility index (Phi) is 4.99. The zero-order valence-electron chi connectivity index (χ0n) is 12.2. The molecule has 6 nitrogen and oxygen atoms in total. The quantitative estimate of drug-likeness (QED) is 0.752. The molecule has 0 spiro atoms. The van der Waals surface area contributed by atoms with Crippen molar-refractivity contribution in [2.75, 3.05) is 25.1 Å². The van der Waals surface area contributed by atoms with Crippen molar-refractivity contribution >= 4 is 22.3 Å². The molecule has 2 aromatic rings. The first-order chi connectivity index (χ1) is 10.8. The van der Waals surface area contributed by atoms with Crippen LogP contribution >= 0.6 is 11.3 Å². The van der Waals surface area contributed by atoms with Gasteiger partial charge in [-0.1, -0.05) is 6.07 Å². The van der Waals surface area contributed by atoms with Crippen LogP contribution < -0.4 is 5.32 Å². The van der Waals surface area contributed by atoms with Crippen LogP contribution in [0.1, 0.15) is 24.6 Å². The molecule has 0 radical (unpaired) electrons. The third kappa shape index (κ3) is 3.27. The van der Waals surface area contributed by atoms with Crippen LogP contribution in [0, 0.1) is 0 Å². The second-order valence-corrected chi connectivity index (χ2v) is 6.19. The van der Waals surface area contributed by atoms with E-state index in [4.69, 9.17) is 0 Å². The topological polar surface area (TPSA) is 81.5 Å². The van der Waals surface area contributed by atoms with Crippen LogP contribution in [0.25, 0.3) is 0 Å². The Morgan fingerprint density at radius 2 is 2.23 bits per heavy atom. The summed E-state index contributed by atoms with van der Waals surface area (Å²) < 4.78 is 0. The number of aromatic nitrogens is 2. The van der Waals surface area contributed by atoms with Gasteiger partial charge in [0.05, 0.1) is 31.0 Å². The summed E-state index contributed by atoms with van der Waals surface area (Å²) in [5.41, 5.74) is 0.993. The van der Waals surface area contributed by atoms with E-state index in [1.165, 1.54) is 0 Å². The summed E-state index contributed by atoms with van der Waals surface area (Å²) in [4.78, 5) is 11.0. The molecule has 3 N–H and O–H groups in total. The fourth-order valence-electron chi connectivity index (χ4n) is 2.85. The van der Waals surface area contributed by atoms with Crippen LogP contribution in [-0.4, -0.2) is 50.9 Å². The van der Waals surface area contributed by atoms with Gasteiger partial charge in [-0.05, 0) is 31.5 Å². The molecule has 1 aliphatic rings. The molecule has 0 amide bonds. The van der Waals surface area contributed by atoms with Crippen molar-refractivity contribution in [1.82, 2.24) is 14.9 Å². The Bertz CT molecular complexity index is 588. The fraction of sp³-hybridized carbons (Fsp3) is 0.467. The SMILES string of the molecule is OCC(CO)N1CCC[C@H]1c1csc(Nc2ccccn2)n1. The van der Waals surface area contributed by atoms with Gasteiger partial charge in [-0.25, -0.2) is 9.97 Å². The second-order valence-electron chi connectivity index (χ2n) is 5.33. The van der Waals surface area contributed by atoms with Crippen LogP contribution in [0.4, 0.5) is 10.9 Å². The molecule has 1 aliphatic heterocycles. The maximum Gasteiger partial charge on any atom is 0.188 e. The average molecular weight is 320 g/mol. The third-order valence-corrected chi connectivity index (χ3v) is 4.72. The summed E-state index contributed by atoms with van der Waals surface area (Å²) in [7, 11) is 0. The molecule has 1 saturated heterocycles. The molecule has 0 aliphatic carbocycles. The zero-order valence-corrected chi connectivity index (χ0v) is 13.0. The molecular formula is C15H20N4O2S. The zero-order chi connectivity index (χ0) is 15.4. The minimum atomic E-state index is -0.207. The van der Waals surface area contributed by atoms with Crippen molar-refractivity contribution in [3.8, 4) is 0 Å². The number of hydrogen-bond donors (Lipinski definition) is 3. The van der Waals surface area contributed by atoms with E-state index in [2.05, 4.69) is 20.2 Å². The molecule has 22 heavy (non-hydrogen) atoms.